The molecule has 0 atom stereocenters. The first kappa shape index (κ1) is 20.0. The maximum absolute atomic E-state index is 12.2. The minimum Gasteiger partial charge on any atom is -0.495 e. The zero-order valence-electron chi connectivity index (χ0n) is 14.4. The second-order valence-corrected chi connectivity index (χ2v) is 6.44. The van der Waals surface area contributed by atoms with Gasteiger partial charge in [0.05, 0.1) is 36.6 Å². The van der Waals surface area contributed by atoms with Crippen LogP contribution in [0.4, 0.5) is 11.4 Å². The first-order chi connectivity index (χ1) is 12.4. The normalized spacial score (nSPS) is 10.5. The molecule has 0 fully saturated rings. The molecule has 0 radical (unpaired) electrons. The molecule has 2 N–H and O–H groups in total. The Morgan fingerprint density at radius 2 is 1.62 bits per heavy atom. The summed E-state index contributed by atoms with van der Waals surface area (Å²) in [6.45, 7) is 0.0525. The molecule has 0 aromatic heterocycles. The number of anilines is 2. The Hall–Kier alpha value is -2.28. The van der Waals surface area contributed by atoms with E-state index in [-0.39, 0.29) is 24.9 Å². The van der Waals surface area contributed by atoms with E-state index in [2.05, 4.69) is 10.6 Å². The molecule has 6 nitrogen and oxygen atoms in total. The van der Waals surface area contributed by atoms with Gasteiger partial charge in [-0.05, 0) is 37.4 Å². The zero-order valence-corrected chi connectivity index (χ0v) is 15.9. The Morgan fingerprint density at radius 3 is 2.23 bits per heavy atom. The van der Waals surface area contributed by atoms with E-state index in [1.54, 1.807) is 54.4 Å². The van der Waals surface area contributed by atoms with E-state index in [9.17, 15) is 9.59 Å². The van der Waals surface area contributed by atoms with Crippen molar-refractivity contribution in [3.8, 4) is 5.75 Å². The fourth-order valence-electron chi connectivity index (χ4n) is 2.27. The Kier molecular flexibility index (Phi) is 7.26. The maximum Gasteiger partial charge on any atom is 0.238 e. The summed E-state index contributed by atoms with van der Waals surface area (Å²) in [6.07, 6.45) is 0. The fourth-order valence-corrected chi connectivity index (χ4v) is 2.62. The highest BCUT2D eigenvalue weighted by atomic mass is 35.5. The molecule has 0 saturated carbocycles. The van der Waals surface area contributed by atoms with E-state index in [0.29, 0.717) is 27.2 Å². The molecule has 2 rings (SSSR count). The van der Waals surface area contributed by atoms with Crippen LogP contribution in [-0.2, 0) is 9.59 Å². The van der Waals surface area contributed by atoms with Crippen LogP contribution in [0, 0.1) is 0 Å². The van der Waals surface area contributed by atoms with Crippen LogP contribution >= 0.6 is 23.2 Å². The van der Waals surface area contributed by atoms with Gasteiger partial charge in [-0.3, -0.25) is 14.5 Å². The number of likely N-dealkylation sites (N-methyl/N-ethyl adjacent to an activating group) is 1. The van der Waals surface area contributed by atoms with Crippen molar-refractivity contribution in [3.05, 3.63) is 52.5 Å². The van der Waals surface area contributed by atoms with Gasteiger partial charge in [-0.1, -0.05) is 35.3 Å². The van der Waals surface area contributed by atoms with E-state index in [0.717, 1.165) is 0 Å². The van der Waals surface area contributed by atoms with Crippen molar-refractivity contribution in [2.75, 3.05) is 37.9 Å². The lowest BCUT2D eigenvalue weighted by atomic mass is 10.3. The number of hydrogen-bond donors (Lipinski definition) is 2. The summed E-state index contributed by atoms with van der Waals surface area (Å²) in [4.78, 5) is 25.9. The summed E-state index contributed by atoms with van der Waals surface area (Å²) in [6, 6.07) is 11.9. The summed E-state index contributed by atoms with van der Waals surface area (Å²) in [5.74, 6) is -0.0609. The third-order valence-electron chi connectivity index (χ3n) is 3.41. The van der Waals surface area contributed by atoms with Gasteiger partial charge in [0.25, 0.3) is 0 Å². The van der Waals surface area contributed by atoms with Gasteiger partial charge >= 0.3 is 0 Å². The van der Waals surface area contributed by atoms with E-state index in [1.165, 1.54) is 7.11 Å². The molecule has 8 heteroatoms. The molecule has 138 valence electrons. The lowest BCUT2D eigenvalue weighted by Crippen LogP contribution is -2.36. The summed E-state index contributed by atoms with van der Waals surface area (Å²) >= 11 is 11.9. The van der Waals surface area contributed by atoms with Gasteiger partial charge in [-0.25, -0.2) is 0 Å². The van der Waals surface area contributed by atoms with Crippen LogP contribution < -0.4 is 15.4 Å². The second kappa shape index (κ2) is 9.43. The molecule has 2 aromatic rings. The summed E-state index contributed by atoms with van der Waals surface area (Å²) < 4.78 is 5.18. The van der Waals surface area contributed by atoms with Crippen molar-refractivity contribution in [2.45, 2.75) is 0 Å². The number of halogens is 2. The Balaban J connectivity index is 1.88. The molecule has 2 aromatic carbocycles. The van der Waals surface area contributed by atoms with Crippen LogP contribution in [0.1, 0.15) is 0 Å². The number of amides is 2. The maximum atomic E-state index is 12.2. The lowest BCUT2D eigenvalue weighted by molar-refractivity contribution is -0.119. The third kappa shape index (κ3) is 5.91. The molecule has 0 unspecified atom stereocenters. The van der Waals surface area contributed by atoms with Crippen molar-refractivity contribution < 1.29 is 14.3 Å². The molecule has 2 amide bonds. The third-order valence-corrected chi connectivity index (χ3v) is 3.98. The molecule has 0 aliphatic heterocycles. The standard InChI is InChI=1S/C18H19Cl2N3O3/c1-23(10-17(24)21-14-6-4-3-5-13(14)20)11-18(25)22-15-9-12(19)7-8-16(15)26-2/h3-9H,10-11H2,1-2H3,(H,21,24)(H,22,25). The van der Waals surface area contributed by atoms with Crippen LogP contribution in [-0.4, -0.2) is 44.0 Å². The first-order valence-corrected chi connectivity index (χ1v) is 8.51. The zero-order chi connectivity index (χ0) is 19.1. The average Bonchev–Trinajstić information content (AvgIpc) is 2.56. The SMILES string of the molecule is COc1ccc(Cl)cc1NC(=O)CN(C)CC(=O)Nc1ccccc1Cl. The van der Waals surface area contributed by atoms with Crippen molar-refractivity contribution in [1.29, 1.82) is 0 Å². The van der Waals surface area contributed by atoms with Crippen molar-refractivity contribution in [2.24, 2.45) is 0 Å². The number of carbonyl (C=O) groups excluding carboxylic acids is 2. The molecular formula is C18H19Cl2N3O3. The Morgan fingerprint density at radius 1 is 1.00 bits per heavy atom. The number of methoxy groups -OCH3 is 1. The molecule has 0 bridgehead atoms. The summed E-state index contributed by atoms with van der Waals surface area (Å²) in [7, 11) is 3.17. The smallest absolute Gasteiger partial charge is 0.238 e. The van der Waals surface area contributed by atoms with Crippen molar-refractivity contribution in [1.82, 2.24) is 4.90 Å². The number of carbonyl (C=O) groups is 2. The van der Waals surface area contributed by atoms with E-state index >= 15 is 0 Å². The Labute approximate surface area is 162 Å². The van der Waals surface area contributed by atoms with Crippen LogP contribution in [0.2, 0.25) is 10.0 Å². The highest BCUT2D eigenvalue weighted by Crippen LogP contribution is 2.27. The molecule has 0 saturated heterocycles. The van der Waals surface area contributed by atoms with Crippen LogP contribution in [0.5, 0.6) is 5.75 Å². The molecular weight excluding hydrogens is 377 g/mol. The number of benzene rings is 2. The minimum absolute atomic E-state index is 0.0195. The predicted octanol–water partition coefficient (Wildman–Crippen LogP) is 3.51. The topological polar surface area (TPSA) is 70.7 Å². The van der Waals surface area contributed by atoms with Crippen LogP contribution in [0.3, 0.4) is 0 Å². The van der Waals surface area contributed by atoms with E-state index < -0.39 is 0 Å². The van der Waals surface area contributed by atoms with E-state index in [1.807, 2.05) is 0 Å². The van der Waals surface area contributed by atoms with Crippen LogP contribution in [0.15, 0.2) is 42.5 Å². The first-order valence-electron chi connectivity index (χ1n) is 7.75. The molecule has 0 heterocycles. The number of nitrogens with one attached hydrogen (secondary N) is 2. The number of ether oxygens (including phenoxy) is 1. The second-order valence-electron chi connectivity index (χ2n) is 5.59. The van der Waals surface area contributed by atoms with Gasteiger partial charge < -0.3 is 15.4 Å². The van der Waals surface area contributed by atoms with Gasteiger partial charge in [-0.15, -0.1) is 0 Å². The quantitative estimate of drug-likeness (QED) is 0.752. The molecule has 0 aliphatic carbocycles. The fraction of sp³-hybridized carbons (Fsp3) is 0.222. The number of hydrogen-bond acceptors (Lipinski definition) is 4. The number of para-hydroxylation sites is 1. The minimum atomic E-state index is -0.293. The van der Waals surface area contributed by atoms with Crippen molar-refractivity contribution in [3.63, 3.8) is 0 Å². The lowest BCUT2D eigenvalue weighted by Gasteiger charge is -2.17. The van der Waals surface area contributed by atoms with Crippen molar-refractivity contribution >= 4 is 46.4 Å². The summed E-state index contributed by atoms with van der Waals surface area (Å²) in [5.41, 5.74) is 1.000. The average molecular weight is 396 g/mol. The predicted molar refractivity (Wildman–Crippen MR) is 104 cm³/mol. The van der Waals surface area contributed by atoms with Gasteiger partial charge in [0.2, 0.25) is 11.8 Å². The van der Waals surface area contributed by atoms with Gasteiger partial charge in [0.15, 0.2) is 0 Å². The molecule has 26 heavy (non-hydrogen) atoms. The monoisotopic (exact) mass is 395 g/mol. The van der Waals surface area contributed by atoms with Gasteiger partial charge in [0, 0.05) is 5.02 Å². The summed E-state index contributed by atoms with van der Waals surface area (Å²) in [5, 5.41) is 6.36. The van der Waals surface area contributed by atoms with E-state index in [4.69, 9.17) is 27.9 Å². The van der Waals surface area contributed by atoms with Crippen LogP contribution in [0.25, 0.3) is 0 Å². The van der Waals surface area contributed by atoms with Gasteiger partial charge in [0.1, 0.15) is 5.75 Å². The highest BCUT2D eigenvalue weighted by Gasteiger charge is 2.14. The number of rotatable bonds is 7. The number of nitrogens with zero attached hydrogens (tertiary/aromatic N) is 1. The highest BCUT2D eigenvalue weighted by molar-refractivity contribution is 6.33. The Bertz CT molecular complexity index is 799. The molecule has 0 aliphatic rings. The largest absolute Gasteiger partial charge is 0.495 e. The molecule has 0 spiro atoms. The van der Waals surface area contributed by atoms with Gasteiger partial charge in [-0.2, -0.15) is 0 Å².